The van der Waals surface area contributed by atoms with Crippen LogP contribution in [-0.4, -0.2) is 16.4 Å². The van der Waals surface area contributed by atoms with Gasteiger partial charge in [0.05, 0.1) is 10.7 Å². The van der Waals surface area contributed by atoms with Crippen LogP contribution in [0.1, 0.15) is 11.1 Å². The van der Waals surface area contributed by atoms with Crippen LogP contribution in [0.4, 0.5) is 0 Å². The van der Waals surface area contributed by atoms with Crippen molar-refractivity contribution in [3.05, 3.63) is 58.3 Å². The van der Waals surface area contributed by atoms with Gasteiger partial charge < -0.3 is 9.94 Å². The summed E-state index contributed by atoms with van der Waals surface area (Å²) in [6, 6.07) is 9.26. The molecular formula is C13H11BrN2O2. The topological polar surface area (TPSA) is 54.7 Å². The van der Waals surface area contributed by atoms with Crippen molar-refractivity contribution in [2.45, 2.75) is 6.61 Å². The molecule has 0 amide bonds. The minimum Gasteiger partial charge on any atom is -0.488 e. The number of rotatable bonds is 4. The van der Waals surface area contributed by atoms with Gasteiger partial charge in [0.2, 0.25) is 0 Å². The first-order valence-electron chi connectivity index (χ1n) is 5.28. The summed E-state index contributed by atoms with van der Waals surface area (Å²) < 4.78 is 6.47. The Balaban J connectivity index is 2.06. The number of aromatic nitrogens is 1. The predicted octanol–water partition coefficient (Wildman–Crippen LogP) is 3.23. The molecule has 0 aliphatic carbocycles. The number of hydrogen-bond acceptors (Lipinski definition) is 4. The average molecular weight is 307 g/mol. The highest BCUT2D eigenvalue weighted by Gasteiger charge is 2.02. The van der Waals surface area contributed by atoms with Crippen LogP contribution < -0.4 is 4.74 Å². The standard InChI is InChI=1S/C13H11BrN2O2/c14-12-6-10(8-16-17)3-4-13(12)18-9-11-2-1-5-15-7-11/h1-8,17H,9H2/b16-8-. The van der Waals surface area contributed by atoms with E-state index in [0.717, 1.165) is 21.3 Å². The van der Waals surface area contributed by atoms with Gasteiger partial charge in [0.25, 0.3) is 0 Å². The number of halogens is 1. The average Bonchev–Trinajstić information content (AvgIpc) is 2.39. The Bertz CT molecular complexity index is 544. The van der Waals surface area contributed by atoms with E-state index in [0.29, 0.717) is 6.61 Å². The van der Waals surface area contributed by atoms with Crippen molar-refractivity contribution < 1.29 is 9.94 Å². The predicted molar refractivity (Wildman–Crippen MR) is 72.1 cm³/mol. The molecule has 0 radical (unpaired) electrons. The molecule has 1 aromatic heterocycles. The van der Waals surface area contributed by atoms with Crippen LogP contribution in [0.3, 0.4) is 0 Å². The van der Waals surface area contributed by atoms with Crippen LogP contribution in [0.15, 0.2) is 52.4 Å². The molecule has 2 rings (SSSR count). The minimum absolute atomic E-state index is 0.458. The molecule has 0 aliphatic heterocycles. The van der Waals surface area contributed by atoms with Gasteiger partial charge in [-0.1, -0.05) is 11.2 Å². The summed E-state index contributed by atoms with van der Waals surface area (Å²) in [7, 11) is 0. The van der Waals surface area contributed by atoms with E-state index in [-0.39, 0.29) is 0 Å². The molecular weight excluding hydrogens is 296 g/mol. The Morgan fingerprint density at radius 1 is 1.39 bits per heavy atom. The molecule has 5 heteroatoms. The normalized spacial score (nSPS) is 10.7. The van der Waals surface area contributed by atoms with Gasteiger partial charge in [-0.05, 0) is 45.8 Å². The fourth-order valence-electron chi connectivity index (χ4n) is 1.43. The first-order valence-corrected chi connectivity index (χ1v) is 6.07. The molecule has 1 heterocycles. The molecule has 0 saturated heterocycles. The number of pyridine rings is 1. The third-order valence-corrected chi connectivity index (χ3v) is 2.90. The highest BCUT2D eigenvalue weighted by molar-refractivity contribution is 9.10. The van der Waals surface area contributed by atoms with Crippen molar-refractivity contribution >= 4 is 22.1 Å². The van der Waals surface area contributed by atoms with E-state index in [1.54, 1.807) is 12.4 Å². The van der Waals surface area contributed by atoms with Crippen molar-refractivity contribution in [1.29, 1.82) is 0 Å². The molecule has 1 N–H and O–H groups in total. The second kappa shape index (κ2) is 6.16. The zero-order chi connectivity index (χ0) is 12.8. The zero-order valence-electron chi connectivity index (χ0n) is 9.45. The van der Waals surface area contributed by atoms with Gasteiger partial charge in [-0.25, -0.2) is 0 Å². The van der Waals surface area contributed by atoms with Crippen LogP contribution in [0.25, 0.3) is 0 Å². The monoisotopic (exact) mass is 306 g/mol. The summed E-state index contributed by atoms with van der Waals surface area (Å²) in [6.45, 7) is 0.458. The first kappa shape index (κ1) is 12.6. The Morgan fingerprint density at radius 2 is 2.28 bits per heavy atom. The number of nitrogens with zero attached hydrogens (tertiary/aromatic N) is 2. The molecule has 2 aromatic rings. The Labute approximate surface area is 113 Å². The van der Waals surface area contributed by atoms with Gasteiger partial charge >= 0.3 is 0 Å². The van der Waals surface area contributed by atoms with E-state index >= 15 is 0 Å². The van der Waals surface area contributed by atoms with Crippen molar-refractivity contribution in [3.63, 3.8) is 0 Å². The lowest BCUT2D eigenvalue weighted by Gasteiger charge is -2.08. The van der Waals surface area contributed by atoms with Gasteiger partial charge in [0.15, 0.2) is 0 Å². The molecule has 1 aromatic carbocycles. The quantitative estimate of drug-likeness (QED) is 0.536. The Kier molecular flexibility index (Phi) is 4.30. The third kappa shape index (κ3) is 3.30. The molecule has 0 bridgehead atoms. The van der Waals surface area contributed by atoms with Crippen molar-refractivity contribution in [1.82, 2.24) is 4.98 Å². The van der Waals surface area contributed by atoms with E-state index in [1.165, 1.54) is 6.21 Å². The molecule has 0 atom stereocenters. The van der Waals surface area contributed by atoms with E-state index < -0.39 is 0 Å². The second-order valence-corrected chi connectivity index (χ2v) is 4.44. The highest BCUT2D eigenvalue weighted by atomic mass is 79.9. The van der Waals surface area contributed by atoms with Crippen molar-refractivity contribution in [2.24, 2.45) is 5.16 Å². The minimum atomic E-state index is 0.458. The third-order valence-electron chi connectivity index (χ3n) is 2.28. The van der Waals surface area contributed by atoms with Crippen LogP contribution in [-0.2, 0) is 6.61 Å². The number of hydrogen-bond donors (Lipinski definition) is 1. The lowest BCUT2D eigenvalue weighted by Crippen LogP contribution is -1.96. The first-order chi connectivity index (χ1) is 8.79. The van der Waals surface area contributed by atoms with Crippen molar-refractivity contribution in [3.8, 4) is 5.75 Å². The lowest BCUT2D eigenvalue weighted by atomic mass is 10.2. The SMILES string of the molecule is O/N=C\c1ccc(OCc2cccnc2)c(Br)c1. The van der Waals surface area contributed by atoms with E-state index in [2.05, 4.69) is 26.1 Å². The number of oxime groups is 1. The summed E-state index contributed by atoms with van der Waals surface area (Å²) in [5.41, 5.74) is 1.79. The van der Waals surface area contributed by atoms with Gasteiger partial charge in [-0.2, -0.15) is 0 Å². The summed E-state index contributed by atoms with van der Waals surface area (Å²) >= 11 is 3.41. The fourth-order valence-corrected chi connectivity index (χ4v) is 1.94. The van der Waals surface area contributed by atoms with Crippen molar-refractivity contribution in [2.75, 3.05) is 0 Å². The van der Waals surface area contributed by atoms with Gasteiger partial charge in [-0.15, -0.1) is 0 Å². The molecule has 4 nitrogen and oxygen atoms in total. The van der Waals surface area contributed by atoms with Gasteiger partial charge in [-0.3, -0.25) is 4.98 Å². The molecule has 92 valence electrons. The van der Waals surface area contributed by atoms with Gasteiger partial charge in [0.1, 0.15) is 12.4 Å². The fraction of sp³-hybridized carbons (Fsp3) is 0.0769. The lowest BCUT2D eigenvalue weighted by molar-refractivity contribution is 0.303. The summed E-state index contributed by atoms with van der Waals surface area (Å²) in [5, 5.41) is 11.4. The largest absolute Gasteiger partial charge is 0.488 e. The van der Waals surface area contributed by atoms with E-state index in [4.69, 9.17) is 9.94 Å². The number of ether oxygens (including phenoxy) is 1. The highest BCUT2D eigenvalue weighted by Crippen LogP contribution is 2.26. The Morgan fingerprint density at radius 3 is 2.94 bits per heavy atom. The molecule has 0 fully saturated rings. The van der Waals surface area contributed by atoms with Gasteiger partial charge in [0, 0.05) is 18.0 Å². The maximum Gasteiger partial charge on any atom is 0.134 e. The second-order valence-electron chi connectivity index (χ2n) is 3.58. The molecule has 0 saturated carbocycles. The Hall–Kier alpha value is -1.88. The smallest absolute Gasteiger partial charge is 0.134 e. The van der Waals surface area contributed by atoms with Crippen LogP contribution >= 0.6 is 15.9 Å². The maximum atomic E-state index is 8.45. The molecule has 0 aliphatic rings. The molecule has 0 unspecified atom stereocenters. The van der Waals surface area contributed by atoms with E-state index in [9.17, 15) is 0 Å². The summed E-state index contributed by atoms with van der Waals surface area (Å²) in [4.78, 5) is 4.02. The van der Waals surface area contributed by atoms with Crippen LogP contribution in [0.5, 0.6) is 5.75 Å². The van der Waals surface area contributed by atoms with E-state index in [1.807, 2.05) is 30.3 Å². The summed E-state index contributed by atoms with van der Waals surface area (Å²) in [5.74, 6) is 0.731. The zero-order valence-corrected chi connectivity index (χ0v) is 11.0. The molecule has 18 heavy (non-hydrogen) atoms. The van der Waals surface area contributed by atoms with Crippen LogP contribution in [0.2, 0.25) is 0 Å². The maximum absolute atomic E-state index is 8.45. The molecule has 0 spiro atoms. The summed E-state index contributed by atoms with van der Waals surface area (Å²) in [6.07, 6.45) is 4.85. The van der Waals surface area contributed by atoms with Crippen LogP contribution in [0, 0.1) is 0 Å². The number of benzene rings is 1.